The average molecular weight is 385 g/mol. The summed E-state index contributed by atoms with van der Waals surface area (Å²) in [5.74, 6) is 1.00. The number of aliphatic hydroxyl groups excluding tert-OH is 1. The number of aromatic nitrogens is 1. The van der Waals surface area contributed by atoms with Crippen LogP contribution in [0.15, 0.2) is 59.7 Å². The Morgan fingerprint density at radius 2 is 1.97 bits per heavy atom. The summed E-state index contributed by atoms with van der Waals surface area (Å²) < 4.78 is 2.15. The fourth-order valence-electron chi connectivity index (χ4n) is 4.16. The normalized spacial score (nSPS) is 20.0. The first-order valence-corrected chi connectivity index (χ1v) is 10.1. The quantitative estimate of drug-likeness (QED) is 0.605. The van der Waals surface area contributed by atoms with E-state index in [9.17, 15) is 5.11 Å². The number of rotatable bonds is 4. The van der Waals surface area contributed by atoms with Crippen LogP contribution in [0, 0.1) is 0 Å². The molecule has 29 heavy (non-hydrogen) atoms. The SMILES string of the molecule is CC1=c2ccccc2=NC(c2ccc(CO)cc2)c2c[nH]c(N[N+]3=CCC3C)c21. The number of anilines is 1. The number of hydrazone groups is 1. The Balaban J connectivity index is 1.71. The van der Waals surface area contributed by atoms with Gasteiger partial charge in [0.05, 0.1) is 18.4 Å². The van der Waals surface area contributed by atoms with E-state index in [1.54, 1.807) is 0 Å². The van der Waals surface area contributed by atoms with Crippen LogP contribution in [0.2, 0.25) is 0 Å². The second kappa shape index (κ2) is 7.01. The van der Waals surface area contributed by atoms with Crippen molar-refractivity contribution in [3.8, 4) is 0 Å². The van der Waals surface area contributed by atoms with E-state index in [0.29, 0.717) is 6.04 Å². The van der Waals surface area contributed by atoms with E-state index >= 15 is 0 Å². The topological polar surface area (TPSA) is 63.4 Å². The van der Waals surface area contributed by atoms with Crippen molar-refractivity contribution >= 4 is 17.6 Å². The number of hydrazine groups is 1. The number of hydrogen-bond acceptors (Lipinski definition) is 3. The second-order valence-corrected chi connectivity index (χ2v) is 7.85. The van der Waals surface area contributed by atoms with Gasteiger partial charge in [0.2, 0.25) is 0 Å². The minimum atomic E-state index is -0.110. The molecule has 3 N–H and O–H groups in total. The van der Waals surface area contributed by atoms with Crippen LogP contribution in [-0.2, 0) is 6.61 Å². The third-order valence-corrected chi connectivity index (χ3v) is 5.99. The number of nitrogens with zero attached hydrogens (tertiary/aromatic N) is 2. The van der Waals surface area contributed by atoms with Gasteiger partial charge in [0.25, 0.3) is 0 Å². The van der Waals surface area contributed by atoms with Gasteiger partial charge in [0, 0.05) is 29.5 Å². The van der Waals surface area contributed by atoms with E-state index in [2.05, 4.69) is 71.7 Å². The lowest BCUT2D eigenvalue weighted by molar-refractivity contribution is -0.554. The maximum absolute atomic E-state index is 9.40. The van der Waals surface area contributed by atoms with Crippen molar-refractivity contribution in [3.63, 3.8) is 0 Å². The van der Waals surface area contributed by atoms with E-state index in [-0.39, 0.29) is 12.6 Å². The van der Waals surface area contributed by atoms with E-state index in [0.717, 1.165) is 39.5 Å². The largest absolute Gasteiger partial charge is 0.392 e. The zero-order chi connectivity index (χ0) is 20.0. The highest BCUT2D eigenvalue weighted by Crippen LogP contribution is 2.36. The van der Waals surface area contributed by atoms with Gasteiger partial charge in [-0.25, -0.2) is 0 Å². The van der Waals surface area contributed by atoms with Crippen LogP contribution in [0.3, 0.4) is 0 Å². The zero-order valence-electron chi connectivity index (χ0n) is 16.7. The molecule has 0 bridgehead atoms. The molecule has 2 aliphatic heterocycles. The van der Waals surface area contributed by atoms with Crippen molar-refractivity contribution in [2.45, 2.75) is 39.0 Å². The van der Waals surface area contributed by atoms with Crippen LogP contribution in [0.4, 0.5) is 5.82 Å². The maximum atomic E-state index is 9.40. The molecule has 0 fully saturated rings. The molecule has 0 saturated carbocycles. The lowest BCUT2D eigenvalue weighted by atomic mass is 9.94. The van der Waals surface area contributed by atoms with Gasteiger partial charge >= 0.3 is 0 Å². The smallest absolute Gasteiger partial charge is 0.187 e. The van der Waals surface area contributed by atoms with Crippen molar-refractivity contribution < 1.29 is 9.79 Å². The first-order valence-electron chi connectivity index (χ1n) is 10.1. The predicted molar refractivity (Wildman–Crippen MR) is 114 cm³/mol. The number of H-pyrrole nitrogens is 1. The molecule has 3 aromatic rings. The molecule has 5 rings (SSSR count). The molecule has 2 atom stereocenters. The highest BCUT2D eigenvalue weighted by molar-refractivity contribution is 5.77. The molecule has 3 heterocycles. The number of aliphatic hydroxyl groups is 1. The van der Waals surface area contributed by atoms with E-state index < -0.39 is 0 Å². The van der Waals surface area contributed by atoms with Crippen LogP contribution in [0.1, 0.15) is 48.6 Å². The summed E-state index contributed by atoms with van der Waals surface area (Å²) >= 11 is 0. The molecule has 5 heteroatoms. The number of fused-ring (bicyclic) bond motifs is 2. The van der Waals surface area contributed by atoms with Crippen molar-refractivity contribution in [2.24, 2.45) is 4.99 Å². The lowest BCUT2D eigenvalue weighted by Crippen LogP contribution is -2.39. The number of nitrogens with one attached hydrogen (secondary N) is 2. The molecule has 0 radical (unpaired) electrons. The van der Waals surface area contributed by atoms with Crippen molar-refractivity contribution in [3.05, 3.63) is 87.6 Å². The van der Waals surface area contributed by atoms with Gasteiger partial charge in [-0.3, -0.25) is 4.99 Å². The maximum Gasteiger partial charge on any atom is 0.187 e. The molecule has 1 aromatic heterocycles. The number of aromatic amines is 1. The van der Waals surface area contributed by atoms with Gasteiger partial charge in [-0.2, -0.15) is 0 Å². The summed E-state index contributed by atoms with van der Waals surface area (Å²) in [5.41, 5.74) is 9.12. The summed E-state index contributed by atoms with van der Waals surface area (Å²) in [4.78, 5) is 8.60. The summed E-state index contributed by atoms with van der Waals surface area (Å²) in [7, 11) is 0. The summed E-state index contributed by atoms with van der Waals surface area (Å²) in [6.45, 7) is 4.43. The summed E-state index contributed by atoms with van der Waals surface area (Å²) in [5, 5.41) is 11.6. The van der Waals surface area contributed by atoms with Crippen LogP contribution in [0.25, 0.3) is 5.57 Å². The monoisotopic (exact) mass is 385 g/mol. The summed E-state index contributed by atoms with van der Waals surface area (Å²) in [6.07, 6.45) is 5.34. The standard InChI is InChI=1S/C24H25N4O/c1-15-11-12-28(15)27-24-22-16(2)19-5-3-4-6-21(19)26-23(20(22)13-25-24)18-9-7-17(14-29)8-10-18/h3-10,12-13,15,23,25,27,29H,11,14H2,1-2H3/q+1. The molecule has 5 nitrogen and oxygen atoms in total. The molecule has 2 aromatic carbocycles. The Kier molecular flexibility index (Phi) is 4.32. The molecular formula is C24H25N4O+. The minimum absolute atomic E-state index is 0.0474. The van der Waals surface area contributed by atoms with Gasteiger partial charge in [-0.15, -0.1) is 10.1 Å². The van der Waals surface area contributed by atoms with Crippen LogP contribution in [-0.4, -0.2) is 27.0 Å². The average Bonchev–Trinajstić information content (AvgIpc) is 3.13. The molecular weight excluding hydrogens is 360 g/mol. The van der Waals surface area contributed by atoms with Crippen molar-refractivity contribution in [2.75, 3.05) is 5.43 Å². The first-order chi connectivity index (χ1) is 14.2. The van der Waals surface area contributed by atoms with E-state index in [1.165, 1.54) is 11.1 Å². The van der Waals surface area contributed by atoms with Gasteiger partial charge in [-0.1, -0.05) is 42.5 Å². The van der Waals surface area contributed by atoms with E-state index in [4.69, 9.17) is 4.99 Å². The van der Waals surface area contributed by atoms with Crippen molar-refractivity contribution in [1.82, 2.24) is 4.98 Å². The Bertz CT molecular complexity index is 1220. The van der Waals surface area contributed by atoms with Crippen LogP contribution in [0.5, 0.6) is 0 Å². The third kappa shape index (κ3) is 2.98. The number of hydrogen-bond donors (Lipinski definition) is 3. The Morgan fingerprint density at radius 3 is 2.66 bits per heavy atom. The third-order valence-electron chi connectivity index (χ3n) is 5.99. The van der Waals surface area contributed by atoms with Gasteiger partial charge in [0.1, 0.15) is 6.04 Å². The fourth-order valence-corrected chi connectivity index (χ4v) is 4.16. The minimum Gasteiger partial charge on any atom is -0.392 e. The van der Waals surface area contributed by atoms with Gasteiger partial charge in [0.15, 0.2) is 18.1 Å². The zero-order valence-corrected chi connectivity index (χ0v) is 16.7. The van der Waals surface area contributed by atoms with Crippen LogP contribution < -0.4 is 16.0 Å². The highest BCUT2D eigenvalue weighted by atomic mass is 16.3. The van der Waals surface area contributed by atoms with Gasteiger partial charge < -0.3 is 10.1 Å². The number of para-hydroxylation sites is 1. The molecule has 0 saturated heterocycles. The molecule has 0 aliphatic carbocycles. The molecule has 0 spiro atoms. The Hall–Kier alpha value is -3.18. The Morgan fingerprint density at radius 1 is 1.17 bits per heavy atom. The lowest BCUT2D eigenvalue weighted by Gasteiger charge is -2.18. The predicted octanol–water partition coefficient (Wildman–Crippen LogP) is 2.65. The molecule has 2 unspecified atom stereocenters. The number of benzene rings is 2. The summed E-state index contributed by atoms with van der Waals surface area (Å²) in [6, 6.07) is 16.8. The van der Waals surface area contributed by atoms with Gasteiger partial charge in [-0.05, 0) is 29.7 Å². The Labute approximate surface area is 169 Å². The van der Waals surface area contributed by atoms with Crippen molar-refractivity contribution in [1.29, 1.82) is 0 Å². The molecule has 0 amide bonds. The second-order valence-electron chi connectivity index (χ2n) is 7.85. The molecule has 146 valence electrons. The fraction of sp³-hybridized carbons (Fsp3) is 0.250. The highest BCUT2D eigenvalue weighted by Gasteiger charge is 2.30. The van der Waals surface area contributed by atoms with Crippen LogP contribution >= 0.6 is 0 Å². The van der Waals surface area contributed by atoms with E-state index in [1.807, 2.05) is 18.2 Å². The molecule has 2 aliphatic rings. The first kappa shape index (κ1) is 17.9.